The van der Waals surface area contributed by atoms with Gasteiger partial charge in [0, 0.05) is 21.5 Å². The van der Waals surface area contributed by atoms with Crippen LogP contribution in [0.3, 0.4) is 0 Å². The van der Waals surface area contributed by atoms with Crippen LogP contribution in [0.2, 0.25) is 10.0 Å². The lowest BCUT2D eigenvalue weighted by molar-refractivity contribution is 0.679. The highest BCUT2D eigenvalue weighted by Crippen LogP contribution is 2.33. The molecule has 2 aromatic heterocycles. The lowest BCUT2D eigenvalue weighted by Gasteiger charge is -2.10. The third kappa shape index (κ3) is 2.72. The number of nitrogens with one attached hydrogen (secondary N) is 2. The molecule has 0 radical (unpaired) electrons. The summed E-state index contributed by atoms with van der Waals surface area (Å²) in [6, 6.07) is 5.47. The summed E-state index contributed by atoms with van der Waals surface area (Å²) in [7, 11) is 0. The van der Waals surface area contributed by atoms with Crippen molar-refractivity contribution in [1.29, 1.82) is 5.41 Å². The highest BCUT2D eigenvalue weighted by atomic mass is 35.5. The summed E-state index contributed by atoms with van der Waals surface area (Å²) in [5.74, 6) is 1.41. The first kappa shape index (κ1) is 15.7. The maximum Gasteiger partial charge on any atom is 0.173 e. The Balaban J connectivity index is 1.81. The quantitative estimate of drug-likeness (QED) is 0.731. The Morgan fingerprint density at radius 2 is 1.92 bits per heavy atom. The molecule has 1 aliphatic carbocycles. The Morgan fingerprint density at radius 3 is 2.62 bits per heavy atom. The molecule has 0 unspecified atom stereocenters. The number of fused-ring (bicyclic) bond motifs is 1. The van der Waals surface area contributed by atoms with Gasteiger partial charge in [-0.3, -0.25) is 5.41 Å². The van der Waals surface area contributed by atoms with Crippen molar-refractivity contribution in [3.8, 4) is 0 Å². The van der Waals surface area contributed by atoms with Gasteiger partial charge in [-0.2, -0.15) is 0 Å². The molecule has 0 atom stereocenters. The van der Waals surface area contributed by atoms with Gasteiger partial charge in [-0.25, -0.2) is 9.97 Å². The molecule has 7 heteroatoms. The third-order valence-corrected chi connectivity index (χ3v) is 5.38. The summed E-state index contributed by atoms with van der Waals surface area (Å²) < 4.78 is 1.90. The summed E-state index contributed by atoms with van der Waals surface area (Å²) >= 11 is 12.6. The SMILES string of the molecule is N=c1ncn(Cc2c(Cl)cccc2Cl)c2nc(C3CCCC3)[nH]c12. The van der Waals surface area contributed by atoms with Gasteiger partial charge in [0.05, 0.1) is 12.9 Å². The van der Waals surface area contributed by atoms with Crippen LogP contribution >= 0.6 is 23.2 Å². The first-order valence-electron chi connectivity index (χ1n) is 8.06. The molecule has 3 aromatic rings. The number of hydrogen-bond acceptors (Lipinski definition) is 3. The minimum Gasteiger partial charge on any atom is -0.337 e. The molecule has 0 bridgehead atoms. The molecule has 1 fully saturated rings. The standard InChI is InChI=1S/C17H17Cl2N5/c18-12-6-3-7-13(19)11(12)8-24-9-21-15(20)14-17(24)23-16(22-14)10-4-1-2-5-10/h3,6-7,9-10,20H,1-2,4-5,8H2,(H,22,23). The molecule has 124 valence electrons. The highest BCUT2D eigenvalue weighted by molar-refractivity contribution is 6.35. The van der Waals surface area contributed by atoms with E-state index in [1.54, 1.807) is 6.33 Å². The summed E-state index contributed by atoms with van der Waals surface area (Å²) in [6.45, 7) is 0.469. The molecular weight excluding hydrogens is 345 g/mol. The van der Waals surface area contributed by atoms with Gasteiger partial charge in [-0.15, -0.1) is 0 Å². The van der Waals surface area contributed by atoms with Crippen molar-refractivity contribution in [3.05, 3.63) is 51.4 Å². The second-order valence-electron chi connectivity index (χ2n) is 6.22. The Morgan fingerprint density at radius 1 is 1.21 bits per heavy atom. The topological polar surface area (TPSA) is 70.3 Å². The van der Waals surface area contributed by atoms with E-state index in [1.165, 1.54) is 12.8 Å². The van der Waals surface area contributed by atoms with Crippen molar-refractivity contribution >= 4 is 34.4 Å². The number of benzene rings is 1. The Hall–Kier alpha value is -1.85. The van der Waals surface area contributed by atoms with Gasteiger partial charge in [-0.05, 0) is 25.0 Å². The zero-order valence-corrected chi connectivity index (χ0v) is 14.5. The molecule has 0 aliphatic heterocycles. The zero-order valence-electron chi connectivity index (χ0n) is 13.0. The van der Waals surface area contributed by atoms with Crippen molar-refractivity contribution in [2.24, 2.45) is 0 Å². The fourth-order valence-electron chi connectivity index (χ4n) is 3.36. The lowest BCUT2D eigenvalue weighted by Crippen LogP contribution is -2.13. The maximum absolute atomic E-state index is 8.06. The zero-order chi connectivity index (χ0) is 16.7. The van der Waals surface area contributed by atoms with Gasteiger partial charge in [0.15, 0.2) is 11.1 Å². The fraction of sp³-hybridized carbons (Fsp3) is 0.353. The number of imidazole rings is 1. The first-order valence-corrected chi connectivity index (χ1v) is 8.81. The van der Waals surface area contributed by atoms with Gasteiger partial charge in [0.1, 0.15) is 11.3 Å². The van der Waals surface area contributed by atoms with E-state index in [0.29, 0.717) is 28.0 Å². The first-order chi connectivity index (χ1) is 11.6. The van der Waals surface area contributed by atoms with E-state index < -0.39 is 0 Å². The number of aromatic nitrogens is 4. The van der Waals surface area contributed by atoms with Gasteiger partial charge in [0.25, 0.3) is 0 Å². The minimum atomic E-state index is 0.211. The molecule has 0 saturated heterocycles. The molecule has 2 heterocycles. The van der Waals surface area contributed by atoms with Crippen LogP contribution in [-0.2, 0) is 6.54 Å². The Bertz CT molecular complexity index is 933. The minimum absolute atomic E-state index is 0.211. The predicted octanol–water partition coefficient (Wildman–Crippen LogP) is 4.25. The summed E-state index contributed by atoms with van der Waals surface area (Å²) in [4.78, 5) is 12.3. The molecule has 1 aliphatic rings. The molecule has 0 amide bonds. The van der Waals surface area contributed by atoms with Crippen molar-refractivity contribution in [3.63, 3.8) is 0 Å². The molecule has 24 heavy (non-hydrogen) atoms. The van der Waals surface area contributed by atoms with Crippen LogP contribution in [0.25, 0.3) is 11.2 Å². The monoisotopic (exact) mass is 361 g/mol. The average molecular weight is 362 g/mol. The smallest absolute Gasteiger partial charge is 0.173 e. The second kappa shape index (κ2) is 6.22. The number of hydrogen-bond donors (Lipinski definition) is 2. The van der Waals surface area contributed by atoms with E-state index in [1.807, 2.05) is 22.8 Å². The van der Waals surface area contributed by atoms with Crippen LogP contribution in [0, 0.1) is 5.41 Å². The molecule has 0 spiro atoms. The van der Waals surface area contributed by atoms with E-state index in [0.717, 1.165) is 29.9 Å². The summed E-state index contributed by atoms with van der Waals surface area (Å²) in [6.07, 6.45) is 6.41. The van der Waals surface area contributed by atoms with E-state index in [4.69, 9.17) is 33.6 Å². The predicted molar refractivity (Wildman–Crippen MR) is 94.5 cm³/mol. The number of nitrogens with zero attached hydrogens (tertiary/aromatic N) is 3. The molecular formula is C17H17Cl2N5. The normalized spacial score (nSPS) is 15.4. The van der Waals surface area contributed by atoms with Gasteiger partial charge < -0.3 is 9.55 Å². The van der Waals surface area contributed by atoms with Crippen molar-refractivity contribution in [2.45, 2.75) is 38.1 Å². The summed E-state index contributed by atoms with van der Waals surface area (Å²) in [5.41, 5.74) is 2.44. The number of aromatic amines is 1. The number of rotatable bonds is 3. The molecule has 2 N–H and O–H groups in total. The lowest BCUT2D eigenvalue weighted by atomic mass is 10.1. The third-order valence-electron chi connectivity index (χ3n) is 4.67. The van der Waals surface area contributed by atoms with Crippen LogP contribution in [0.5, 0.6) is 0 Å². The largest absolute Gasteiger partial charge is 0.337 e. The van der Waals surface area contributed by atoms with Crippen LogP contribution in [0.15, 0.2) is 24.5 Å². The van der Waals surface area contributed by atoms with Crippen LogP contribution in [0.4, 0.5) is 0 Å². The second-order valence-corrected chi connectivity index (χ2v) is 7.04. The van der Waals surface area contributed by atoms with Gasteiger partial charge >= 0.3 is 0 Å². The van der Waals surface area contributed by atoms with Crippen molar-refractivity contribution in [1.82, 2.24) is 19.5 Å². The number of H-pyrrole nitrogens is 1. The van der Waals surface area contributed by atoms with Crippen LogP contribution in [0.1, 0.15) is 43.0 Å². The molecule has 4 rings (SSSR count). The molecule has 1 aromatic carbocycles. The van der Waals surface area contributed by atoms with Crippen molar-refractivity contribution in [2.75, 3.05) is 0 Å². The summed E-state index contributed by atoms with van der Waals surface area (Å²) in [5, 5.41) is 9.29. The number of halogens is 2. The Kier molecular flexibility index (Phi) is 4.06. The van der Waals surface area contributed by atoms with Gasteiger partial charge in [0.2, 0.25) is 0 Å². The van der Waals surface area contributed by atoms with Gasteiger partial charge in [-0.1, -0.05) is 42.1 Å². The van der Waals surface area contributed by atoms with Crippen LogP contribution in [-0.4, -0.2) is 19.5 Å². The fourth-order valence-corrected chi connectivity index (χ4v) is 3.88. The van der Waals surface area contributed by atoms with E-state index in [-0.39, 0.29) is 5.49 Å². The molecule has 1 saturated carbocycles. The average Bonchev–Trinajstić information content (AvgIpc) is 3.22. The van der Waals surface area contributed by atoms with Crippen molar-refractivity contribution < 1.29 is 0 Å². The van der Waals surface area contributed by atoms with E-state index >= 15 is 0 Å². The highest BCUT2D eigenvalue weighted by Gasteiger charge is 2.21. The Labute approximate surface area is 149 Å². The van der Waals surface area contributed by atoms with E-state index in [9.17, 15) is 0 Å². The van der Waals surface area contributed by atoms with Crippen LogP contribution < -0.4 is 5.49 Å². The van der Waals surface area contributed by atoms with E-state index in [2.05, 4.69) is 9.97 Å². The maximum atomic E-state index is 8.06. The molecule has 5 nitrogen and oxygen atoms in total.